The molecular formula is C23H38O4. The van der Waals surface area contributed by atoms with Gasteiger partial charge in [0.1, 0.15) is 6.79 Å². The molecule has 0 radical (unpaired) electrons. The van der Waals surface area contributed by atoms with Gasteiger partial charge in [-0.3, -0.25) is 0 Å². The summed E-state index contributed by atoms with van der Waals surface area (Å²) in [6.07, 6.45) is 15.2. The molecule has 4 nitrogen and oxygen atoms in total. The summed E-state index contributed by atoms with van der Waals surface area (Å²) in [6, 6.07) is 8.96. The third-order valence-corrected chi connectivity index (χ3v) is 5.28. The number of ether oxygens (including phenoxy) is 1. The summed E-state index contributed by atoms with van der Waals surface area (Å²) < 4.78 is 5.33. The van der Waals surface area contributed by atoms with Gasteiger partial charge in [0.05, 0.1) is 0 Å². The third kappa shape index (κ3) is 8.89. The molecule has 0 bridgehead atoms. The van der Waals surface area contributed by atoms with Crippen LogP contribution in [0.4, 0.5) is 0 Å². The largest absolute Gasteiger partial charge is 0.479 e. The smallest absolute Gasteiger partial charge is 0.340 e. The molecule has 1 aromatic carbocycles. The van der Waals surface area contributed by atoms with Gasteiger partial charge in [0, 0.05) is 0 Å². The number of unbranched alkanes of at least 4 members (excludes halogenated alkanes) is 11. The van der Waals surface area contributed by atoms with Gasteiger partial charge in [0.25, 0.3) is 0 Å². The number of benzene rings is 1. The highest BCUT2D eigenvalue weighted by molar-refractivity contribution is 5.79. The molecule has 4 heteroatoms. The Balaban J connectivity index is 2.26. The number of hydrogen-bond donors (Lipinski definition) is 2. The van der Waals surface area contributed by atoms with Gasteiger partial charge in [-0.05, 0) is 18.4 Å². The lowest BCUT2D eigenvalue weighted by atomic mass is 9.87. The van der Waals surface area contributed by atoms with E-state index in [9.17, 15) is 15.0 Å². The molecule has 0 fully saturated rings. The van der Waals surface area contributed by atoms with E-state index in [0.29, 0.717) is 12.0 Å². The zero-order chi connectivity index (χ0) is 19.8. The zero-order valence-corrected chi connectivity index (χ0v) is 17.0. The molecule has 0 saturated heterocycles. The second-order valence-electron chi connectivity index (χ2n) is 7.41. The van der Waals surface area contributed by atoms with E-state index in [-0.39, 0.29) is 0 Å². The van der Waals surface area contributed by atoms with Crippen LogP contribution in [0.3, 0.4) is 0 Å². The van der Waals surface area contributed by atoms with E-state index >= 15 is 0 Å². The number of aliphatic hydroxyl groups excluding tert-OH is 1. The maximum absolute atomic E-state index is 11.9. The van der Waals surface area contributed by atoms with Crippen LogP contribution in [0, 0.1) is 0 Å². The summed E-state index contributed by atoms with van der Waals surface area (Å²) in [6.45, 7) is 1.65. The van der Waals surface area contributed by atoms with Crippen LogP contribution >= 0.6 is 0 Å². The Hall–Kier alpha value is -1.39. The first kappa shape index (κ1) is 23.6. The average Bonchev–Trinajstić information content (AvgIpc) is 2.68. The van der Waals surface area contributed by atoms with E-state index < -0.39 is 18.4 Å². The van der Waals surface area contributed by atoms with Crippen LogP contribution in [0.1, 0.15) is 96.0 Å². The Bertz CT molecular complexity index is 488. The minimum atomic E-state index is -1.45. The molecule has 1 atom stereocenters. The topological polar surface area (TPSA) is 66.8 Å². The first-order valence-electron chi connectivity index (χ1n) is 10.7. The highest BCUT2D eigenvalue weighted by Gasteiger charge is 2.41. The van der Waals surface area contributed by atoms with Gasteiger partial charge < -0.3 is 14.9 Å². The average molecular weight is 379 g/mol. The molecule has 0 saturated carbocycles. The predicted molar refractivity (Wildman–Crippen MR) is 110 cm³/mol. The highest BCUT2D eigenvalue weighted by Crippen LogP contribution is 2.32. The van der Waals surface area contributed by atoms with Gasteiger partial charge in [-0.25, -0.2) is 4.79 Å². The van der Waals surface area contributed by atoms with Crippen LogP contribution in [0.2, 0.25) is 0 Å². The van der Waals surface area contributed by atoms with Gasteiger partial charge in [0.2, 0.25) is 0 Å². The molecule has 1 aromatic rings. The molecule has 0 amide bonds. The molecule has 0 aliphatic heterocycles. The van der Waals surface area contributed by atoms with Gasteiger partial charge >= 0.3 is 5.97 Å². The predicted octanol–water partition coefficient (Wildman–Crippen LogP) is 6.02. The quantitative estimate of drug-likeness (QED) is 0.257. The van der Waals surface area contributed by atoms with Crippen molar-refractivity contribution in [3.63, 3.8) is 0 Å². The van der Waals surface area contributed by atoms with Gasteiger partial charge in [-0.2, -0.15) is 0 Å². The first-order chi connectivity index (χ1) is 13.2. The SMILES string of the molecule is CCCCCCCCCCCCCCC(OCO)(C(=O)O)c1ccccc1. The van der Waals surface area contributed by atoms with Crippen molar-refractivity contribution >= 4 is 5.97 Å². The Labute approximate surface area is 164 Å². The summed E-state index contributed by atoms with van der Waals surface area (Å²) >= 11 is 0. The lowest BCUT2D eigenvalue weighted by Crippen LogP contribution is -2.39. The van der Waals surface area contributed by atoms with E-state index in [0.717, 1.165) is 19.3 Å². The van der Waals surface area contributed by atoms with Crippen LogP contribution in [0.5, 0.6) is 0 Å². The molecule has 154 valence electrons. The van der Waals surface area contributed by atoms with Crippen molar-refractivity contribution in [1.82, 2.24) is 0 Å². The fraction of sp³-hybridized carbons (Fsp3) is 0.696. The molecule has 0 aliphatic rings. The molecular weight excluding hydrogens is 340 g/mol. The number of aliphatic hydroxyl groups is 1. The first-order valence-corrected chi connectivity index (χ1v) is 10.7. The molecule has 1 unspecified atom stereocenters. The maximum atomic E-state index is 11.9. The molecule has 0 aromatic heterocycles. The number of carboxylic acid groups (broad SMARTS) is 1. The third-order valence-electron chi connectivity index (χ3n) is 5.28. The number of carbonyl (C=O) groups is 1. The second kappa shape index (κ2) is 14.6. The zero-order valence-electron chi connectivity index (χ0n) is 17.0. The van der Waals surface area contributed by atoms with Crippen molar-refractivity contribution in [2.75, 3.05) is 6.79 Å². The van der Waals surface area contributed by atoms with Crippen LogP contribution in [0.25, 0.3) is 0 Å². The minimum absolute atomic E-state index is 0.379. The number of rotatable bonds is 17. The van der Waals surface area contributed by atoms with Gasteiger partial charge in [-0.15, -0.1) is 0 Å². The van der Waals surface area contributed by atoms with Crippen LogP contribution in [-0.4, -0.2) is 23.0 Å². The fourth-order valence-electron chi connectivity index (χ4n) is 3.62. The normalized spacial score (nSPS) is 13.4. The van der Waals surface area contributed by atoms with Gasteiger partial charge in [-0.1, -0.05) is 108 Å². The number of hydrogen-bond acceptors (Lipinski definition) is 3. The van der Waals surface area contributed by atoms with Crippen LogP contribution in [-0.2, 0) is 15.1 Å². The Morgan fingerprint density at radius 3 is 1.78 bits per heavy atom. The lowest BCUT2D eigenvalue weighted by Gasteiger charge is -2.29. The van der Waals surface area contributed by atoms with Crippen molar-refractivity contribution in [1.29, 1.82) is 0 Å². The second-order valence-corrected chi connectivity index (χ2v) is 7.41. The van der Waals surface area contributed by atoms with E-state index in [1.807, 2.05) is 6.07 Å². The standard InChI is InChI=1S/C23H38O4/c1-2-3-4-5-6-7-8-9-10-11-12-16-19-23(22(25)26,27-20-24)21-17-14-13-15-18-21/h13-15,17-18,24H,2-12,16,19-20H2,1H3,(H,25,26). The van der Waals surface area contributed by atoms with Crippen molar-refractivity contribution in [2.45, 2.75) is 96.0 Å². The van der Waals surface area contributed by atoms with Crippen LogP contribution in [0.15, 0.2) is 30.3 Å². The molecule has 1 rings (SSSR count). The number of carboxylic acids is 1. The molecule has 0 aliphatic carbocycles. The van der Waals surface area contributed by atoms with Crippen molar-refractivity contribution in [2.24, 2.45) is 0 Å². The fourth-order valence-corrected chi connectivity index (χ4v) is 3.62. The van der Waals surface area contributed by atoms with Crippen LogP contribution < -0.4 is 0 Å². The van der Waals surface area contributed by atoms with Crippen molar-refractivity contribution in [3.8, 4) is 0 Å². The summed E-state index contributed by atoms with van der Waals surface area (Å²) in [7, 11) is 0. The lowest BCUT2D eigenvalue weighted by molar-refractivity contribution is -0.183. The highest BCUT2D eigenvalue weighted by atomic mass is 16.6. The van der Waals surface area contributed by atoms with E-state index in [1.165, 1.54) is 57.8 Å². The Morgan fingerprint density at radius 1 is 0.852 bits per heavy atom. The Morgan fingerprint density at radius 2 is 1.33 bits per heavy atom. The van der Waals surface area contributed by atoms with E-state index in [4.69, 9.17) is 4.74 Å². The molecule has 27 heavy (non-hydrogen) atoms. The monoisotopic (exact) mass is 378 g/mol. The number of aliphatic carboxylic acids is 1. The summed E-state index contributed by atoms with van der Waals surface area (Å²) in [5.74, 6) is -1.04. The molecule has 0 spiro atoms. The maximum Gasteiger partial charge on any atom is 0.340 e. The minimum Gasteiger partial charge on any atom is -0.479 e. The van der Waals surface area contributed by atoms with Gasteiger partial charge in [0.15, 0.2) is 5.60 Å². The van der Waals surface area contributed by atoms with E-state index in [1.54, 1.807) is 24.3 Å². The summed E-state index contributed by atoms with van der Waals surface area (Å²) in [4.78, 5) is 11.9. The molecule has 2 N–H and O–H groups in total. The summed E-state index contributed by atoms with van der Waals surface area (Å²) in [5, 5.41) is 19.0. The van der Waals surface area contributed by atoms with Crippen molar-refractivity contribution in [3.05, 3.63) is 35.9 Å². The molecule has 0 heterocycles. The Kier molecular flexibility index (Phi) is 12.8. The summed E-state index contributed by atoms with van der Waals surface area (Å²) in [5.41, 5.74) is -0.858. The van der Waals surface area contributed by atoms with E-state index in [2.05, 4.69) is 6.92 Å². The van der Waals surface area contributed by atoms with Crippen molar-refractivity contribution < 1.29 is 19.7 Å².